The summed E-state index contributed by atoms with van der Waals surface area (Å²) in [7, 11) is -2.17. The van der Waals surface area contributed by atoms with Crippen molar-refractivity contribution in [2.45, 2.75) is 25.5 Å². The van der Waals surface area contributed by atoms with Crippen molar-refractivity contribution in [3.05, 3.63) is 39.3 Å². The second-order valence-corrected chi connectivity index (χ2v) is 10.1. The Morgan fingerprint density at radius 3 is 2.58 bits per heavy atom. The first-order chi connectivity index (χ1) is 15.4. The van der Waals surface area contributed by atoms with Crippen molar-refractivity contribution in [1.29, 1.82) is 0 Å². The Bertz CT molecular complexity index is 1190. The van der Waals surface area contributed by atoms with Gasteiger partial charge >= 0.3 is 5.97 Å². The molecule has 14 heteroatoms. The van der Waals surface area contributed by atoms with Crippen molar-refractivity contribution < 1.29 is 27.9 Å². The minimum atomic E-state index is -3.68. The summed E-state index contributed by atoms with van der Waals surface area (Å²) in [6.45, 7) is 2.45. The zero-order valence-corrected chi connectivity index (χ0v) is 20.3. The molecule has 3 heterocycles. The van der Waals surface area contributed by atoms with Crippen LogP contribution in [-0.2, 0) is 14.8 Å². The lowest BCUT2D eigenvalue weighted by Gasteiger charge is -2.38. The van der Waals surface area contributed by atoms with Gasteiger partial charge in [0, 0.05) is 25.9 Å². The third kappa shape index (κ3) is 5.69. The number of nitrogens with one attached hydrogen (secondary N) is 3. The maximum absolute atomic E-state index is 12.7. The van der Waals surface area contributed by atoms with Crippen molar-refractivity contribution >= 4 is 56.6 Å². The van der Waals surface area contributed by atoms with Crippen LogP contribution >= 0.6 is 23.2 Å². The van der Waals surface area contributed by atoms with Crippen LogP contribution in [0.25, 0.3) is 0 Å². The molecule has 2 atom stereocenters. The molecule has 0 saturated carbocycles. The normalized spacial score (nSPS) is 18.8. The lowest BCUT2D eigenvalue weighted by molar-refractivity contribution is 0.0538. The van der Waals surface area contributed by atoms with Crippen molar-refractivity contribution in [2.24, 2.45) is 0 Å². The minimum absolute atomic E-state index is 0.129. The molecule has 1 saturated heterocycles. The number of pyridine rings is 1. The van der Waals surface area contributed by atoms with Crippen molar-refractivity contribution in [3.8, 4) is 0 Å². The van der Waals surface area contributed by atoms with E-state index in [0.717, 1.165) is 12.5 Å². The number of hydrogen-bond acceptors (Lipinski definition) is 7. The second-order valence-electron chi connectivity index (χ2n) is 7.61. The van der Waals surface area contributed by atoms with Gasteiger partial charge in [0.15, 0.2) is 0 Å². The number of anilines is 2. The van der Waals surface area contributed by atoms with E-state index in [9.17, 15) is 23.1 Å². The number of halogens is 2. The van der Waals surface area contributed by atoms with Crippen LogP contribution in [0.3, 0.4) is 0 Å². The van der Waals surface area contributed by atoms with E-state index in [1.165, 1.54) is 13.2 Å². The summed E-state index contributed by atoms with van der Waals surface area (Å²) < 4.78 is 30.7. The Morgan fingerprint density at radius 1 is 1.33 bits per heavy atom. The maximum Gasteiger partial charge on any atom is 0.338 e. The van der Waals surface area contributed by atoms with E-state index in [2.05, 4.69) is 20.0 Å². The number of carbonyl (C=O) groups is 2. The topological polar surface area (TPSA) is 154 Å². The van der Waals surface area contributed by atoms with Gasteiger partial charge in [-0.2, -0.15) is 0 Å². The number of aromatic amines is 1. The fourth-order valence-corrected chi connectivity index (χ4v) is 4.55. The average molecular weight is 520 g/mol. The Balaban J connectivity index is 1.76. The summed E-state index contributed by atoms with van der Waals surface area (Å²) in [6, 6.07) is 0.952. The summed E-state index contributed by atoms with van der Waals surface area (Å²) in [6.07, 6.45) is 2.12. The first-order valence-electron chi connectivity index (χ1n) is 9.74. The van der Waals surface area contributed by atoms with E-state index >= 15 is 0 Å². The number of carboxylic acids is 1. The molecule has 2 aromatic rings. The highest BCUT2D eigenvalue weighted by Gasteiger charge is 2.33. The first-order valence-corrected chi connectivity index (χ1v) is 12.4. The Labute approximate surface area is 200 Å². The summed E-state index contributed by atoms with van der Waals surface area (Å²) >= 11 is 12.2. The third-order valence-electron chi connectivity index (χ3n) is 5.20. The van der Waals surface area contributed by atoms with E-state index in [1.54, 1.807) is 11.8 Å². The zero-order chi connectivity index (χ0) is 24.5. The number of carboxylic acid groups (broad SMARTS) is 1. The molecule has 2 unspecified atom stereocenters. The van der Waals surface area contributed by atoms with E-state index in [4.69, 9.17) is 27.9 Å². The molecule has 1 aliphatic heterocycles. The van der Waals surface area contributed by atoms with Gasteiger partial charge in [0.25, 0.3) is 5.91 Å². The van der Waals surface area contributed by atoms with Gasteiger partial charge in [0.05, 0.1) is 45.9 Å². The molecule has 1 fully saturated rings. The maximum atomic E-state index is 12.7. The third-order valence-corrected chi connectivity index (χ3v) is 6.74. The number of rotatable bonds is 7. The predicted octanol–water partition coefficient (Wildman–Crippen LogP) is 2.12. The van der Waals surface area contributed by atoms with Gasteiger partial charge in [-0.1, -0.05) is 23.2 Å². The van der Waals surface area contributed by atoms with Crippen molar-refractivity contribution in [3.63, 3.8) is 0 Å². The van der Waals surface area contributed by atoms with Crippen LogP contribution in [0.15, 0.2) is 12.3 Å². The number of H-pyrrole nitrogens is 1. The standard InChI is InChI=1S/C19H23Cl2N5O6S/c1-9-15(20)16(21)17(23-9)18(27)24-11-4-5-26(8-13(11)32-2)14-6-10(19(28)29)12(7-22-14)25-33(3,30)31/h6-7,11,13,23,25H,4-5,8H2,1-3H3,(H,24,27)(H,28,29). The van der Waals surface area contributed by atoms with Crippen LogP contribution in [0.2, 0.25) is 10.0 Å². The van der Waals surface area contributed by atoms with Crippen molar-refractivity contribution in [2.75, 3.05) is 36.1 Å². The smallest absolute Gasteiger partial charge is 0.338 e. The monoisotopic (exact) mass is 519 g/mol. The molecule has 2 aromatic heterocycles. The van der Waals surface area contributed by atoms with Crippen LogP contribution in [-0.4, -0.2) is 74.0 Å². The Morgan fingerprint density at radius 2 is 2.03 bits per heavy atom. The molecule has 0 aromatic carbocycles. The molecule has 33 heavy (non-hydrogen) atoms. The van der Waals surface area contributed by atoms with E-state index in [1.807, 2.05) is 0 Å². The molecule has 0 spiro atoms. The number of amides is 1. The number of ether oxygens (including phenoxy) is 1. The fraction of sp³-hybridized carbons (Fsp3) is 0.421. The van der Waals surface area contributed by atoms with Gasteiger partial charge in [0.2, 0.25) is 10.0 Å². The van der Waals surface area contributed by atoms with Crippen LogP contribution in [0, 0.1) is 6.92 Å². The molecule has 0 aliphatic carbocycles. The van der Waals surface area contributed by atoms with Gasteiger partial charge in [-0.3, -0.25) is 9.52 Å². The van der Waals surface area contributed by atoms with Gasteiger partial charge < -0.3 is 25.0 Å². The second kappa shape index (κ2) is 9.75. The zero-order valence-electron chi connectivity index (χ0n) is 18.0. The van der Waals surface area contributed by atoms with Crippen LogP contribution < -0.4 is 14.9 Å². The number of carbonyl (C=O) groups excluding carboxylic acids is 1. The van der Waals surface area contributed by atoms with Crippen LogP contribution in [0.4, 0.5) is 11.5 Å². The number of aromatic carboxylic acids is 1. The molecule has 3 rings (SSSR count). The predicted molar refractivity (Wildman–Crippen MR) is 124 cm³/mol. The van der Waals surface area contributed by atoms with Crippen molar-refractivity contribution in [1.82, 2.24) is 15.3 Å². The highest BCUT2D eigenvalue weighted by Crippen LogP contribution is 2.30. The molecule has 1 amide bonds. The molecule has 4 N–H and O–H groups in total. The summed E-state index contributed by atoms with van der Waals surface area (Å²) in [5.74, 6) is -1.38. The van der Waals surface area contributed by atoms with E-state index in [-0.39, 0.29) is 33.0 Å². The lowest BCUT2D eigenvalue weighted by atomic mass is 10.0. The highest BCUT2D eigenvalue weighted by atomic mass is 35.5. The Kier molecular flexibility index (Phi) is 7.42. The summed E-state index contributed by atoms with van der Waals surface area (Å²) in [5.41, 5.74) is 0.386. The minimum Gasteiger partial charge on any atom is -0.478 e. The van der Waals surface area contributed by atoms with Gasteiger partial charge in [-0.05, 0) is 19.4 Å². The number of methoxy groups -OCH3 is 1. The molecule has 180 valence electrons. The first kappa shape index (κ1) is 25.1. The SMILES string of the molecule is COC1CN(c2cc(C(=O)O)c(NS(C)(=O)=O)cn2)CCC1NC(=O)c1[nH]c(C)c(Cl)c1Cl. The quantitative estimate of drug-likeness (QED) is 0.433. The van der Waals surface area contributed by atoms with Gasteiger partial charge in [0.1, 0.15) is 11.5 Å². The number of hydrogen-bond donors (Lipinski definition) is 4. The number of nitrogens with zero attached hydrogens (tertiary/aromatic N) is 2. The summed E-state index contributed by atoms with van der Waals surface area (Å²) in [5, 5.41) is 12.8. The molecule has 0 radical (unpaired) electrons. The fourth-order valence-electron chi connectivity index (χ4n) is 3.57. The molecular formula is C19H23Cl2N5O6S. The molecule has 11 nitrogen and oxygen atoms in total. The van der Waals surface area contributed by atoms with Gasteiger partial charge in [-0.25, -0.2) is 18.2 Å². The molecular weight excluding hydrogens is 497 g/mol. The summed E-state index contributed by atoms with van der Waals surface area (Å²) in [4.78, 5) is 33.2. The largest absolute Gasteiger partial charge is 0.478 e. The van der Waals surface area contributed by atoms with Crippen LogP contribution in [0.1, 0.15) is 33.0 Å². The van der Waals surface area contributed by atoms with E-state index < -0.39 is 28.0 Å². The van der Waals surface area contributed by atoms with E-state index in [0.29, 0.717) is 31.0 Å². The molecule has 1 aliphatic rings. The number of piperidine rings is 1. The average Bonchev–Trinajstić information content (AvgIpc) is 3.00. The molecule has 0 bridgehead atoms. The lowest BCUT2D eigenvalue weighted by Crippen LogP contribution is -2.55. The highest BCUT2D eigenvalue weighted by molar-refractivity contribution is 7.92. The van der Waals surface area contributed by atoms with Crippen LogP contribution in [0.5, 0.6) is 0 Å². The number of aromatic nitrogens is 2. The number of aryl methyl sites for hydroxylation is 1. The Hall–Kier alpha value is -2.54. The van der Waals surface area contributed by atoms with Gasteiger partial charge in [-0.15, -0.1) is 0 Å². The number of sulfonamides is 1.